The largest absolute Gasteiger partial charge is 0.461 e. The van der Waals surface area contributed by atoms with E-state index in [4.69, 9.17) is 14.2 Å². The highest BCUT2D eigenvalue weighted by Crippen LogP contribution is 2.22. The number of hydrogen-bond acceptors (Lipinski definition) is 6. The molecule has 1 aromatic carbocycles. The Kier molecular flexibility index (Phi) is 4.51. The molecule has 0 aliphatic carbocycles. The number of carbonyl (C=O) groups is 2. The van der Waals surface area contributed by atoms with Gasteiger partial charge in [-0.15, -0.1) is 5.10 Å². The third-order valence-electron chi connectivity index (χ3n) is 3.50. The number of nitrogens with zero attached hydrogens (tertiary/aromatic N) is 2. The number of rotatable bonds is 5. The molecule has 2 aromatic rings. The van der Waals surface area contributed by atoms with E-state index in [1.807, 2.05) is 0 Å². The molecular weight excluding hydrogens is 331 g/mol. The van der Waals surface area contributed by atoms with Gasteiger partial charge in [-0.05, 0) is 26.0 Å². The van der Waals surface area contributed by atoms with Crippen molar-refractivity contribution < 1.29 is 28.2 Å². The minimum Gasteiger partial charge on any atom is -0.461 e. The van der Waals surface area contributed by atoms with Crippen LogP contribution in [0.1, 0.15) is 13.8 Å². The van der Waals surface area contributed by atoms with Gasteiger partial charge in [-0.2, -0.15) is 4.39 Å². The number of carbonyl (C=O) groups excluding carboxylic acids is 2. The van der Waals surface area contributed by atoms with Gasteiger partial charge in [-0.1, -0.05) is 12.1 Å². The maximum Gasteiger partial charge on any atom is 0.360 e. The van der Waals surface area contributed by atoms with Crippen LogP contribution >= 0.6 is 0 Å². The van der Waals surface area contributed by atoms with Crippen molar-refractivity contribution in [3.05, 3.63) is 48.1 Å². The van der Waals surface area contributed by atoms with Crippen LogP contribution in [0.4, 0.5) is 4.39 Å². The first-order chi connectivity index (χ1) is 12.0. The van der Waals surface area contributed by atoms with E-state index in [0.717, 1.165) is 10.9 Å². The lowest BCUT2D eigenvalue weighted by Gasteiger charge is -2.11. The van der Waals surface area contributed by atoms with Crippen molar-refractivity contribution in [1.29, 1.82) is 0 Å². The third kappa shape index (κ3) is 3.23. The monoisotopic (exact) mass is 346 g/mol. The van der Waals surface area contributed by atoms with Gasteiger partial charge in [-0.3, -0.25) is 0 Å². The topological polar surface area (TPSA) is 79.6 Å². The quantitative estimate of drug-likeness (QED) is 0.470. The number of fused-ring (bicyclic) bond motifs is 1. The molecular formula is C17H15FN2O5. The van der Waals surface area contributed by atoms with Crippen LogP contribution in [0.5, 0.6) is 0 Å². The van der Waals surface area contributed by atoms with Crippen LogP contribution < -0.4 is 0 Å². The summed E-state index contributed by atoms with van der Waals surface area (Å²) in [6, 6.07) is 6.50. The molecule has 1 unspecified atom stereocenters. The molecule has 0 spiro atoms. The number of benzene rings is 1. The SMILES string of the molecule is CCOC(=O)/C(=C/OC1C=C(C)C(=O)O1)n1nc(F)c2ccccc21. The van der Waals surface area contributed by atoms with E-state index < -0.39 is 24.2 Å². The standard InChI is InChI=1S/C17H15FN2O5/c1-3-23-17(22)13(9-24-14-8-10(2)16(21)25-14)20-12-7-5-4-6-11(12)15(18)19-20/h4-9,14H,3H2,1-2H3/b13-9-. The first-order valence-corrected chi connectivity index (χ1v) is 7.57. The molecule has 25 heavy (non-hydrogen) atoms. The molecule has 1 aliphatic heterocycles. The molecule has 7 nitrogen and oxygen atoms in total. The molecule has 0 N–H and O–H groups in total. The van der Waals surface area contributed by atoms with Crippen molar-refractivity contribution in [3.8, 4) is 0 Å². The Morgan fingerprint density at radius 2 is 2.20 bits per heavy atom. The summed E-state index contributed by atoms with van der Waals surface area (Å²) < 4.78 is 30.4. The Hall–Kier alpha value is -3.16. The zero-order chi connectivity index (χ0) is 18.0. The van der Waals surface area contributed by atoms with Gasteiger partial charge in [0.25, 0.3) is 6.29 Å². The van der Waals surface area contributed by atoms with Crippen molar-refractivity contribution in [1.82, 2.24) is 9.78 Å². The summed E-state index contributed by atoms with van der Waals surface area (Å²) in [4.78, 5) is 23.6. The molecule has 8 heteroatoms. The lowest BCUT2D eigenvalue weighted by Crippen LogP contribution is -2.16. The minimum absolute atomic E-state index is 0.120. The molecule has 3 rings (SSSR count). The number of ether oxygens (including phenoxy) is 3. The van der Waals surface area contributed by atoms with Gasteiger partial charge < -0.3 is 14.2 Å². The second kappa shape index (κ2) is 6.76. The van der Waals surface area contributed by atoms with E-state index >= 15 is 0 Å². The molecule has 130 valence electrons. The molecule has 0 saturated heterocycles. The van der Waals surface area contributed by atoms with E-state index in [0.29, 0.717) is 11.1 Å². The second-order valence-electron chi connectivity index (χ2n) is 5.20. The normalized spacial score (nSPS) is 17.4. The Morgan fingerprint density at radius 1 is 1.44 bits per heavy atom. The van der Waals surface area contributed by atoms with Gasteiger partial charge in [0, 0.05) is 11.6 Å². The number of para-hydroxylation sites is 1. The molecule has 1 aliphatic rings. The smallest absolute Gasteiger partial charge is 0.360 e. The van der Waals surface area contributed by atoms with Crippen molar-refractivity contribution >= 4 is 28.5 Å². The summed E-state index contributed by atoms with van der Waals surface area (Å²) in [7, 11) is 0. The van der Waals surface area contributed by atoms with Crippen LogP contribution in [-0.4, -0.2) is 34.6 Å². The lowest BCUT2D eigenvalue weighted by molar-refractivity contribution is -0.152. The fourth-order valence-electron chi connectivity index (χ4n) is 2.30. The average molecular weight is 346 g/mol. The number of cyclic esters (lactones) is 1. The highest BCUT2D eigenvalue weighted by Gasteiger charge is 2.25. The zero-order valence-corrected chi connectivity index (χ0v) is 13.6. The summed E-state index contributed by atoms with van der Waals surface area (Å²) in [5, 5.41) is 4.00. The van der Waals surface area contributed by atoms with E-state index in [2.05, 4.69) is 5.10 Å². The van der Waals surface area contributed by atoms with Crippen LogP contribution in [0.25, 0.3) is 16.6 Å². The molecule has 0 bridgehead atoms. The predicted molar refractivity (Wildman–Crippen MR) is 85.3 cm³/mol. The summed E-state index contributed by atoms with van der Waals surface area (Å²) in [6.45, 7) is 3.34. The number of hydrogen-bond donors (Lipinski definition) is 0. The van der Waals surface area contributed by atoms with Gasteiger partial charge >= 0.3 is 11.9 Å². The van der Waals surface area contributed by atoms with Gasteiger partial charge in [0.2, 0.25) is 5.95 Å². The Morgan fingerprint density at radius 3 is 2.88 bits per heavy atom. The van der Waals surface area contributed by atoms with E-state index in [9.17, 15) is 14.0 Å². The maximum atomic E-state index is 14.0. The van der Waals surface area contributed by atoms with Crippen LogP contribution in [0.2, 0.25) is 0 Å². The van der Waals surface area contributed by atoms with Crippen molar-refractivity contribution in [2.75, 3.05) is 6.61 Å². The highest BCUT2D eigenvalue weighted by atomic mass is 19.1. The molecule has 1 atom stereocenters. The minimum atomic E-state index is -0.969. The molecule has 0 saturated carbocycles. The van der Waals surface area contributed by atoms with Gasteiger partial charge in [0.05, 0.1) is 17.5 Å². The van der Waals surface area contributed by atoms with Crippen LogP contribution in [0, 0.1) is 5.95 Å². The number of aromatic nitrogens is 2. The number of esters is 2. The van der Waals surface area contributed by atoms with Crippen LogP contribution in [0.3, 0.4) is 0 Å². The third-order valence-corrected chi connectivity index (χ3v) is 3.50. The molecule has 0 amide bonds. The summed E-state index contributed by atoms with van der Waals surface area (Å²) in [6.07, 6.45) is 1.54. The number of halogens is 1. The van der Waals surface area contributed by atoms with Crippen molar-refractivity contribution in [3.63, 3.8) is 0 Å². The Balaban J connectivity index is 1.98. The van der Waals surface area contributed by atoms with E-state index in [-0.39, 0.29) is 17.7 Å². The molecule has 2 heterocycles. The maximum absolute atomic E-state index is 14.0. The Labute approximate surface area is 142 Å². The van der Waals surface area contributed by atoms with Crippen LogP contribution in [0.15, 0.2) is 42.2 Å². The highest BCUT2D eigenvalue weighted by molar-refractivity contribution is 6.11. The lowest BCUT2D eigenvalue weighted by atomic mass is 10.2. The fourth-order valence-corrected chi connectivity index (χ4v) is 2.30. The van der Waals surface area contributed by atoms with Gasteiger partial charge in [-0.25, -0.2) is 14.3 Å². The van der Waals surface area contributed by atoms with E-state index in [1.54, 1.807) is 38.1 Å². The van der Waals surface area contributed by atoms with Gasteiger partial charge in [0.15, 0.2) is 5.70 Å². The summed E-state index contributed by atoms with van der Waals surface area (Å²) in [5.41, 5.74) is 0.626. The first kappa shape index (κ1) is 16.7. The molecule has 0 radical (unpaired) electrons. The Bertz CT molecular complexity index is 900. The van der Waals surface area contributed by atoms with Gasteiger partial charge in [0.1, 0.15) is 6.26 Å². The predicted octanol–water partition coefficient (Wildman–Crippen LogP) is 2.38. The second-order valence-corrected chi connectivity index (χ2v) is 5.20. The fraction of sp³-hybridized carbons (Fsp3) is 0.235. The molecule has 1 aromatic heterocycles. The first-order valence-electron chi connectivity index (χ1n) is 7.57. The van der Waals surface area contributed by atoms with Crippen LogP contribution in [-0.2, 0) is 23.8 Å². The molecule has 0 fully saturated rings. The zero-order valence-electron chi connectivity index (χ0n) is 13.6. The summed E-state index contributed by atoms with van der Waals surface area (Å²) >= 11 is 0. The average Bonchev–Trinajstić information content (AvgIpc) is 3.09. The van der Waals surface area contributed by atoms with E-state index in [1.165, 1.54) is 6.08 Å². The van der Waals surface area contributed by atoms with Crippen molar-refractivity contribution in [2.45, 2.75) is 20.1 Å². The summed E-state index contributed by atoms with van der Waals surface area (Å²) in [5.74, 6) is -1.98. The van der Waals surface area contributed by atoms with Crippen molar-refractivity contribution in [2.24, 2.45) is 0 Å².